The molecule has 54 heavy (non-hydrogen) atoms. The number of hydrogen-bond acceptors (Lipinski definition) is 8. The van der Waals surface area contributed by atoms with Gasteiger partial charge in [-0.25, -0.2) is 4.57 Å². The van der Waals surface area contributed by atoms with Gasteiger partial charge in [0.15, 0.2) is 6.10 Å². The molecule has 2 atom stereocenters. The summed E-state index contributed by atoms with van der Waals surface area (Å²) in [5, 5.41) is 0. The zero-order chi connectivity index (χ0) is 39.6. The molecule has 0 saturated carbocycles. The van der Waals surface area contributed by atoms with E-state index in [1.165, 1.54) is 173 Å². The minimum absolute atomic E-state index is 0.0582. The molecule has 0 amide bonds. The molecule has 0 spiro atoms. The van der Waals surface area contributed by atoms with Crippen molar-refractivity contribution >= 4 is 19.8 Å². The molecule has 0 heterocycles. The predicted molar refractivity (Wildman–Crippen MR) is 225 cm³/mol. The lowest BCUT2D eigenvalue weighted by atomic mass is 10.0. The second-order valence-corrected chi connectivity index (χ2v) is 17.1. The van der Waals surface area contributed by atoms with E-state index in [4.69, 9.17) is 24.3 Å². The zero-order valence-corrected chi connectivity index (χ0v) is 36.4. The maximum absolute atomic E-state index is 12.6. The number of carbonyl (C=O) groups excluding carboxylic acids is 2. The summed E-state index contributed by atoms with van der Waals surface area (Å²) in [5.74, 6) is -0.811. The molecule has 0 radical (unpaired) electrons. The van der Waals surface area contributed by atoms with E-state index in [9.17, 15) is 19.0 Å². The summed E-state index contributed by atoms with van der Waals surface area (Å²) in [4.78, 5) is 34.9. The molecule has 0 aliphatic heterocycles. The standard InChI is InChI=1S/C44H88NO8P/c1-3-5-7-9-11-13-15-17-19-20-21-22-23-25-27-29-31-33-35-37-44(47)53-42(41-52-54(48,49)51-39-38-45)40-50-43(46)36-34-32-30-28-26-24-18-16-14-12-10-8-6-4-2/h42H,3-41,45H2,1-2H3,(H,48,49)/t42-/m1/s1. The Bertz CT molecular complexity index is 860. The SMILES string of the molecule is CCCCCCCCCCCCCCCCCCCCCC(=O)O[C@H](COC(=O)CCCCCCCCCCCCCCCC)COP(=O)(O)OCCN. The molecule has 3 N–H and O–H groups in total. The van der Waals surface area contributed by atoms with E-state index in [0.29, 0.717) is 6.42 Å². The quantitative estimate of drug-likeness (QED) is 0.0351. The van der Waals surface area contributed by atoms with Gasteiger partial charge >= 0.3 is 19.8 Å². The van der Waals surface area contributed by atoms with Crippen molar-refractivity contribution in [3.8, 4) is 0 Å². The second-order valence-electron chi connectivity index (χ2n) is 15.6. The third-order valence-corrected chi connectivity index (χ3v) is 11.2. The Morgan fingerprint density at radius 3 is 1.13 bits per heavy atom. The van der Waals surface area contributed by atoms with Crippen LogP contribution in [0.15, 0.2) is 0 Å². The molecule has 0 fully saturated rings. The molecule has 0 aromatic rings. The minimum Gasteiger partial charge on any atom is -0.462 e. The van der Waals surface area contributed by atoms with Gasteiger partial charge in [-0.2, -0.15) is 0 Å². The average Bonchev–Trinajstić information content (AvgIpc) is 3.16. The van der Waals surface area contributed by atoms with Gasteiger partial charge < -0.3 is 20.1 Å². The number of phosphoric acid groups is 1. The van der Waals surface area contributed by atoms with Crippen LogP contribution in [0.1, 0.15) is 239 Å². The molecular weight excluding hydrogens is 701 g/mol. The number of ether oxygens (including phenoxy) is 2. The van der Waals surface area contributed by atoms with E-state index in [1.807, 2.05) is 0 Å². The lowest BCUT2D eigenvalue weighted by molar-refractivity contribution is -0.161. The molecule has 0 aliphatic rings. The molecule has 0 aromatic heterocycles. The first-order valence-corrected chi connectivity index (χ1v) is 24.5. The Labute approximate surface area is 333 Å². The Kier molecular flexibility index (Phi) is 40.9. The first kappa shape index (κ1) is 53.0. The van der Waals surface area contributed by atoms with Crippen LogP contribution in [-0.4, -0.2) is 49.3 Å². The summed E-state index contributed by atoms with van der Waals surface area (Å²) in [6.45, 7) is 3.78. The second kappa shape index (κ2) is 41.6. The van der Waals surface area contributed by atoms with E-state index < -0.39 is 26.5 Å². The third-order valence-electron chi connectivity index (χ3n) is 10.2. The lowest BCUT2D eigenvalue weighted by Gasteiger charge is -2.19. The number of hydrogen-bond donors (Lipinski definition) is 2. The average molecular weight is 790 g/mol. The lowest BCUT2D eigenvalue weighted by Crippen LogP contribution is -2.29. The minimum atomic E-state index is -4.37. The van der Waals surface area contributed by atoms with Crippen molar-refractivity contribution in [2.75, 3.05) is 26.4 Å². The Morgan fingerprint density at radius 2 is 0.796 bits per heavy atom. The summed E-state index contributed by atoms with van der Waals surface area (Å²) < 4.78 is 32.8. The summed E-state index contributed by atoms with van der Waals surface area (Å²) in [7, 11) is -4.37. The highest BCUT2D eigenvalue weighted by Crippen LogP contribution is 2.43. The van der Waals surface area contributed by atoms with E-state index in [0.717, 1.165) is 32.1 Å². The fourth-order valence-corrected chi connectivity index (χ4v) is 7.58. The van der Waals surface area contributed by atoms with Crippen molar-refractivity contribution in [3.05, 3.63) is 0 Å². The van der Waals surface area contributed by atoms with Gasteiger partial charge in [0.2, 0.25) is 0 Å². The van der Waals surface area contributed by atoms with Gasteiger partial charge in [0.1, 0.15) is 6.61 Å². The highest BCUT2D eigenvalue weighted by molar-refractivity contribution is 7.47. The van der Waals surface area contributed by atoms with Crippen molar-refractivity contribution in [1.82, 2.24) is 0 Å². The largest absolute Gasteiger partial charge is 0.472 e. The van der Waals surface area contributed by atoms with E-state index >= 15 is 0 Å². The third kappa shape index (κ3) is 40.7. The van der Waals surface area contributed by atoms with Crippen molar-refractivity contribution in [3.63, 3.8) is 0 Å². The molecule has 0 bridgehead atoms. The molecule has 9 nitrogen and oxygen atoms in total. The van der Waals surface area contributed by atoms with E-state index in [1.54, 1.807) is 0 Å². The fraction of sp³-hybridized carbons (Fsp3) is 0.955. The van der Waals surface area contributed by atoms with Crippen LogP contribution in [0.25, 0.3) is 0 Å². The van der Waals surface area contributed by atoms with Gasteiger partial charge in [0.25, 0.3) is 0 Å². The van der Waals surface area contributed by atoms with Gasteiger partial charge in [0, 0.05) is 19.4 Å². The van der Waals surface area contributed by atoms with Crippen LogP contribution >= 0.6 is 7.82 Å². The molecule has 0 aromatic carbocycles. The highest BCUT2D eigenvalue weighted by atomic mass is 31.2. The molecule has 0 aliphatic carbocycles. The summed E-state index contributed by atoms with van der Waals surface area (Å²) >= 11 is 0. The first-order valence-electron chi connectivity index (χ1n) is 23.0. The number of unbranched alkanes of at least 4 members (excludes halogenated alkanes) is 31. The molecule has 322 valence electrons. The van der Waals surface area contributed by atoms with Crippen LogP contribution in [0.2, 0.25) is 0 Å². The maximum Gasteiger partial charge on any atom is 0.472 e. The van der Waals surface area contributed by atoms with E-state index in [2.05, 4.69) is 13.8 Å². The van der Waals surface area contributed by atoms with Crippen LogP contribution in [0.4, 0.5) is 0 Å². The number of nitrogens with two attached hydrogens (primary N) is 1. The highest BCUT2D eigenvalue weighted by Gasteiger charge is 2.26. The van der Waals surface area contributed by atoms with Crippen LogP contribution < -0.4 is 5.73 Å². The predicted octanol–water partition coefficient (Wildman–Crippen LogP) is 13.2. The first-order chi connectivity index (χ1) is 26.3. The van der Waals surface area contributed by atoms with Gasteiger partial charge in [-0.3, -0.25) is 18.6 Å². The topological polar surface area (TPSA) is 134 Å². The molecule has 1 unspecified atom stereocenters. The number of carbonyl (C=O) groups is 2. The van der Waals surface area contributed by atoms with Crippen LogP contribution in [0.5, 0.6) is 0 Å². The summed E-state index contributed by atoms with van der Waals surface area (Å²) in [6.07, 6.45) is 41.3. The maximum atomic E-state index is 12.6. The van der Waals surface area contributed by atoms with E-state index in [-0.39, 0.29) is 38.6 Å². The smallest absolute Gasteiger partial charge is 0.462 e. The molecule has 0 saturated heterocycles. The normalized spacial score (nSPS) is 13.2. The van der Waals surface area contributed by atoms with Crippen LogP contribution in [0.3, 0.4) is 0 Å². The van der Waals surface area contributed by atoms with Crippen LogP contribution in [-0.2, 0) is 32.7 Å². The monoisotopic (exact) mass is 790 g/mol. The van der Waals surface area contributed by atoms with Gasteiger partial charge in [-0.1, -0.05) is 213 Å². The number of esters is 2. The summed E-state index contributed by atoms with van der Waals surface area (Å²) in [6, 6.07) is 0. The number of rotatable bonds is 44. The summed E-state index contributed by atoms with van der Waals surface area (Å²) in [5.41, 5.74) is 5.35. The fourth-order valence-electron chi connectivity index (χ4n) is 6.81. The van der Waals surface area contributed by atoms with Crippen molar-refractivity contribution in [2.24, 2.45) is 5.73 Å². The van der Waals surface area contributed by atoms with Gasteiger partial charge in [-0.15, -0.1) is 0 Å². The van der Waals surface area contributed by atoms with Crippen molar-refractivity contribution in [2.45, 2.75) is 245 Å². The molecular formula is C44H88NO8P. The van der Waals surface area contributed by atoms with Crippen LogP contribution in [0, 0.1) is 0 Å². The van der Waals surface area contributed by atoms with Crippen molar-refractivity contribution < 1.29 is 37.6 Å². The Morgan fingerprint density at radius 1 is 0.481 bits per heavy atom. The molecule has 0 rings (SSSR count). The Balaban J connectivity index is 4.05. The molecule has 10 heteroatoms. The zero-order valence-electron chi connectivity index (χ0n) is 35.5. The van der Waals surface area contributed by atoms with Crippen molar-refractivity contribution in [1.29, 1.82) is 0 Å². The Hall–Kier alpha value is -0.990. The van der Waals surface area contributed by atoms with Gasteiger partial charge in [0.05, 0.1) is 13.2 Å². The number of phosphoric ester groups is 1. The van der Waals surface area contributed by atoms with Gasteiger partial charge in [-0.05, 0) is 12.8 Å².